The van der Waals surface area contributed by atoms with Crippen molar-refractivity contribution in [2.75, 3.05) is 0 Å². The van der Waals surface area contributed by atoms with Crippen LogP contribution >= 0.6 is 0 Å². The summed E-state index contributed by atoms with van der Waals surface area (Å²) in [5, 5.41) is 24.1. The molecule has 4 atom stereocenters. The zero-order valence-electron chi connectivity index (χ0n) is 16.6. The molecule has 0 aromatic heterocycles. The van der Waals surface area contributed by atoms with Crippen LogP contribution in [0.25, 0.3) is 0 Å². The quantitative estimate of drug-likeness (QED) is 0.126. The van der Waals surface area contributed by atoms with Gasteiger partial charge >= 0.3 is 11.9 Å². The summed E-state index contributed by atoms with van der Waals surface area (Å²) >= 11 is 0. The fourth-order valence-corrected chi connectivity index (χ4v) is 2.19. The van der Waals surface area contributed by atoms with Gasteiger partial charge < -0.3 is 43.4 Å². The Morgan fingerprint density at radius 1 is 0.774 bits per heavy atom. The minimum Gasteiger partial charge on any atom is -0.481 e. The van der Waals surface area contributed by atoms with E-state index in [1.807, 2.05) is 5.32 Å². The molecule has 0 aliphatic rings. The van der Waals surface area contributed by atoms with E-state index in [2.05, 4.69) is 10.6 Å². The molecule has 0 aromatic carbocycles. The number of hydrogen-bond acceptors (Lipinski definition) is 8. The fraction of sp³-hybridized carbons (Fsp3) is 0.562. The molecule has 0 fully saturated rings. The summed E-state index contributed by atoms with van der Waals surface area (Å²) in [6.07, 6.45) is -2.08. The molecule has 11 N–H and O–H groups in total. The van der Waals surface area contributed by atoms with Crippen LogP contribution in [0.2, 0.25) is 0 Å². The van der Waals surface area contributed by atoms with Crippen LogP contribution in [0, 0.1) is 0 Å². The molecule has 5 amide bonds. The highest BCUT2D eigenvalue weighted by atomic mass is 16.4. The Kier molecular flexibility index (Phi) is 11.2. The maximum absolute atomic E-state index is 12.4. The van der Waals surface area contributed by atoms with Crippen LogP contribution in [0.15, 0.2) is 0 Å². The predicted molar refractivity (Wildman–Crippen MR) is 102 cm³/mol. The van der Waals surface area contributed by atoms with Gasteiger partial charge in [-0.3, -0.25) is 28.8 Å². The average molecular weight is 446 g/mol. The number of rotatable bonds is 14. The average Bonchev–Trinajstić information content (AvgIpc) is 2.62. The molecule has 0 spiro atoms. The van der Waals surface area contributed by atoms with Gasteiger partial charge in [0.05, 0.1) is 18.9 Å². The maximum atomic E-state index is 12.4. The van der Waals surface area contributed by atoms with Crippen LogP contribution in [0.5, 0.6) is 0 Å². The second-order valence-corrected chi connectivity index (χ2v) is 6.57. The number of carboxylic acid groups (broad SMARTS) is 2. The number of carbonyl (C=O) groups is 7. The van der Waals surface area contributed by atoms with Gasteiger partial charge in [0.1, 0.15) is 18.1 Å². The monoisotopic (exact) mass is 446 g/mol. The molecule has 0 heterocycles. The summed E-state index contributed by atoms with van der Waals surface area (Å²) in [5.74, 6) is -7.62. The van der Waals surface area contributed by atoms with Crippen molar-refractivity contribution < 1.29 is 43.8 Å². The third-order valence-corrected chi connectivity index (χ3v) is 3.82. The Bertz CT molecular complexity index is 741. The maximum Gasteiger partial charge on any atom is 0.326 e. The van der Waals surface area contributed by atoms with E-state index in [9.17, 15) is 33.6 Å². The normalized spacial score (nSPS) is 14.3. The minimum absolute atomic E-state index is 0.325. The fourth-order valence-electron chi connectivity index (χ4n) is 2.19. The number of nitrogens with two attached hydrogens (primary N) is 3. The number of aliphatic carboxylic acids is 2. The summed E-state index contributed by atoms with van der Waals surface area (Å²) < 4.78 is 0. The Morgan fingerprint density at radius 3 is 1.77 bits per heavy atom. The summed E-state index contributed by atoms with van der Waals surface area (Å²) in [5.41, 5.74) is 15.4. The van der Waals surface area contributed by atoms with Crippen LogP contribution in [-0.4, -0.2) is 75.9 Å². The van der Waals surface area contributed by atoms with Crippen LogP contribution in [0.3, 0.4) is 0 Å². The second-order valence-electron chi connectivity index (χ2n) is 6.57. The molecule has 174 valence electrons. The molecule has 0 aliphatic heterocycles. The Labute approximate surface area is 176 Å². The third kappa shape index (κ3) is 11.1. The number of carboxylic acids is 2. The number of carbonyl (C=O) groups excluding carboxylic acids is 5. The zero-order valence-corrected chi connectivity index (χ0v) is 16.6. The Hall–Kier alpha value is -3.75. The molecule has 4 unspecified atom stereocenters. The molecule has 0 aromatic rings. The van der Waals surface area contributed by atoms with E-state index in [0.717, 1.165) is 0 Å². The standard InChI is InChI=1S/C16H26N6O9/c1-6(20-14(28)7(17)4-11(19)24)13(27)21-8(2-3-10(18)23)15(29)22-9(16(30)31)5-12(25)26/h6-9H,2-5,17H2,1H3,(H2,18,23)(H2,19,24)(H,20,28)(H,21,27)(H,22,29)(H,25,26)(H,30,31). The van der Waals surface area contributed by atoms with Crippen molar-refractivity contribution in [3.8, 4) is 0 Å². The van der Waals surface area contributed by atoms with Crippen LogP contribution in [0.1, 0.15) is 32.6 Å². The molecule has 0 saturated heterocycles. The highest BCUT2D eigenvalue weighted by Crippen LogP contribution is 2.02. The lowest BCUT2D eigenvalue weighted by Gasteiger charge is -2.23. The van der Waals surface area contributed by atoms with Crippen molar-refractivity contribution in [1.29, 1.82) is 0 Å². The molecule has 0 bridgehead atoms. The summed E-state index contributed by atoms with van der Waals surface area (Å²) in [4.78, 5) is 80.3. The first-order valence-corrected chi connectivity index (χ1v) is 8.92. The van der Waals surface area contributed by atoms with E-state index in [1.165, 1.54) is 6.92 Å². The van der Waals surface area contributed by atoms with Gasteiger partial charge in [0.25, 0.3) is 0 Å². The molecular weight excluding hydrogens is 420 g/mol. The smallest absolute Gasteiger partial charge is 0.326 e. The van der Waals surface area contributed by atoms with Gasteiger partial charge in [-0.05, 0) is 13.3 Å². The molecule has 0 radical (unpaired) electrons. The SMILES string of the molecule is CC(NC(=O)C(N)CC(N)=O)C(=O)NC(CCC(N)=O)C(=O)NC(CC(=O)O)C(=O)O. The molecule has 31 heavy (non-hydrogen) atoms. The summed E-state index contributed by atoms with van der Waals surface area (Å²) in [6.45, 7) is 1.23. The van der Waals surface area contributed by atoms with E-state index < -0.39 is 78.5 Å². The molecule has 15 nitrogen and oxygen atoms in total. The lowest BCUT2D eigenvalue weighted by Crippen LogP contribution is -2.56. The van der Waals surface area contributed by atoms with Crippen LogP contribution in [0.4, 0.5) is 0 Å². The van der Waals surface area contributed by atoms with Gasteiger partial charge in [-0.15, -0.1) is 0 Å². The molecule has 0 rings (SSSR count). The second kappa shape index (κ2) is 12.7. The lowest BCUT2D eigenvalue weighted by molar-refractivity contribution is -0.147. The number of amides is 5. The van der Waals surface area contributed by atoms with Crippen molar-refractivity contribution in [2.24, 2.45) is 17.2 Å². The van der Waals surface area contributed by atoms with E-state index >= 15 is 0 Å². The molecule has 15 heteroatoms. The first-order valence-electron chi connectivity index (χ1n) is 8.92. The number of primary amides is 2. The predicted octanol–water partition coefficient (Wildman–Crippen LogP) is -4.51. The number of nitrogens with one attached hydrogen (secondary N) is 3. The van der Waals surface area contributed by atoms with Crippen molar-refractivity contribution in [3.05, 3.63) is 0 Å². The van der Waals surface area contributed by atoms with Gasteiger partial charge in [0.2, 0.25) is 29.5 Å². The summed E-state index contributed by atoms with van der Waals surface area (Å²) in [6, 6.07) is -5.81. The summed E-state index contributed by atoms with van der Waals surface area (Å²) in [7, 11) is 0. The van der Waals surface area contributed by atoms with Gasteiger partial charge in [-0.2, -0.15) is 0 Å². The third-order valence-electron chi connectivity index (χ3n) is 3.82. The topological polar surface area (TPSA) is 274 Å². The van der Waals surface area contributed by atoms with Crippen LogP contribution in [-0.2, 0) is 33.6 Å². The lowest BCUT2D eigenvalue weighted by atomic mass is 10.1. The first kappa shape index (κ1) is 27.2. The van der Waals surface area contributed by atoms with Gasteiger partial charge in [0.15, 0.2) is 0 Å². The number of hydrogen-bond donors (Lipinski definition) is 8. The van der Waals surface area contributed by atoms with Crippen molar-refractivity contribution in [1.82, 2.24) is 16.0 Å². The highest BCUT2D eigenvalue weighted by Gasteiger charge is 2.30. The van der Waals surface area contributed by atoms with Gasteiger partial charge in [-0.1, -0.05) is 0 Å². The van der Waals surface area contributed by atoms with E-state index in [0.29, 0.717) is 0 Å². The van der Waals surface area contributed by atoms with E-state index in [4.69, 9.17) is 27.4 Å². The van der Waals surface area contributed by atoms with Crippen molar-refractivity contribution >= 4 is 41.5 Å². The van der Waals surface area contributed by atoms with E-state index in [-0.39, 0.29) is 12.8 Å². The largest absolute Gasteiger partial charge is 0.481 e. The van der Waals surface area contributed by atoms with Crippen LogP contribution < -0.4 is 33.2 Å². The van der Waals surface area contributed by atoms with Crippen molar-refractivity contribution in [3.63, 3.8) is 0 Å². The Balaban J connectivity index is 5.21. The first-order chi connectivity index (χ1) is 14.2. The highest BCUT2D eigenvalue weighted by molar-refractivity contribution is 5.95. The zero-order chi connectivity index (χ0) is 24.3. The molecule has 0 aliphatic carbocycles. The van der Waals surface area contributed by atoms with Gasteiger partial charge in [-0.25, -0.2) is 4.79 Å². The Morgan fingerprint density at radius 2 is 1.32 bits per heavy atom. The molecule has 0 saturated carbocycles. The van der Waals surface area contributed by atoms with Crippen molar-refractivity contribution in [2.45, 2.75) is 56.8 Å². The van der Waals surface area contributed by atoms with Gasteiger partial charge in [0, 0.05) is 6.42 Å². The van der Waals surface area contributed by atoms with E-state index in [1.54, 1.807) is 0 Å². The minimum atomic E-state index is -1.79. The molecular formula is C16H26N6O9.